The van der Waals surface area contributed by atoms with Crippen LogP contribution >= 0.6 is 0 Å². The summed E-state index contributed by atoms with van der Waals surface area (Å²) in [5.74, 6) is -2.94. The Balaban J connectivity index is 2.17. The zero-order valence-corrected chi connectivity index (χ0v) is 20.4. The van der Waals surface area contributed by atoms with E-state index in [1.807, 2.05) is 0 Å². The topological polar surface area (TPSA) is 55.4 Å². The molecular weight excluding hydrogens is 450 g/mol. The molecule has 1 unspecified atom stereocenters. The van der Waals surface area contributed by atoms with Gasteiger partial charge in [0.25, 0.3) is 5.91 Å². The molecule has 1 aromatic carbocycles. The number of ether oxygens (including phenoxy) is 1. The SMILES string of the molecule is CCCCCCCCCCCCCCCOC(=O)C(C)NC(=O)c1ccc(F)cc1C(F)(F)F. The van der Waals surface area contributed by atoms with Crippen molar-refractivity contribution < 1.29 is 31.9 Å². The zero-order chi connectivity index (χ0) is 25.4. The van der Waals surface area contributed by atoms with Gasteiger partial charge in [0.15, 0.2) is 0 Å². The number of amides is 1. The van der Waals surface area contributed by atoms with Gasteiger partial charge in [-0.15, -0.1) is 0 Å². The number of esters is 1. The number of benzene rings is 1. The molecule has 34 heavy (non-hydrogen) atoms. The molecule has 1 N–H and O–H groups in total. The minimum atomic E-state index is -4.90. The van der Waals surface area contributed by atoms with E-state index in [9.17, 15) is 27.2 Å². The number of carbonyl (C=O) groups excluding carboxylic acids is 2. The fraction of sp³-hybridized carbons (Fsp3) is 0.692. The molecule has 0 heterocycles. The number of halogens is 4. The lowest BCUT2D eigenvalue weighted by molar-refractivity contribution is -0.145. The van der Waals surface area contributed by atoms with Crippen LogP contribution in [0.4, 0.5) is 17.6 Å². The summed E-state index contributed by atoms with van der Waals surface area (Å²) in [6.07, 6.45) is 10.6. The van der Waals surface area contributed by atoms with Crippen molar-refractivity contribution in [3.05, 3.63) is 35.1 Å². The second kappa shape index (κ2) is 16.5. The van der Waals surface area contributed by atoms with Gasteiger partial charge < -0.3 is 10.1 Å². The third-order valence-corrected chi connectivity index (χ3v) is 5.73. The standard InChI is InChI=1S/C26H39F4NO3/c1-3-4-5-6-7-8-9-10-11-12-13-14-15-18-34-25(33)20(2)31-24(32)22-17-16-21(27)19-23(22)26(28,29)30/h16-17,19-20H,3-15,18H2,1-2H3,(H,31,32). The summed E-state index contributed by atoms with van der Waals surface area (Å²) in [6.45, 7) is 3.75. The van der Waals surface area contributed by atoms with E-state index in [0.717, 1.165) is 31.4 Å². The first-order chi connectivity index (χ1) is 16.2. The quantitative estimate of drug-likeness (QED) is 0.139. The van der Waals surface area contributed by atoms with Crippen molar-refractivity contribution in [2.75, 3.05) is 6.61 Å². The van der Waals surface area contributed by atoms with Crippen LogP contribution in [0.3, 0.4) is 0 Å². The summed E-state index contributed by atoms with van der Waals surface area (Å²) in [7, 11) is 0. The molecule has 0 aliphatic rings. The Labute approximate surface area is 200 Å². The first-order valence-corrected chi connectivity index (χ1v) is 12.5. The van der Waals surface area contributed by atoms with Crippen LogP contribution in [0.15, 0.2) is 18.2 Å². The van der Waals surface area contributed by atoms with E-state index >= 15 is 0 Å². The first kappa shape index (κ1) is 29.9. The summed E-state index contributed by atoms with van der Waals surface area (Å²) < 4.78 is 57.5. The average molecular weight is 490 g/mol. The lowest BCUT2D eigenvalue weighted by Gasteiger charge is -2.16. The van der Waals surface area contributed by atoms with Gasteiger partial charge in [-0.3, -0.25) is 4.79 Å². The van der Waals surface area contributed by atoms with Gasteiger partial charge in [0.1, 0.15) is 11.9 Å². The summed E-state index contributed by atoms with van der Waals surface area (Å²) in [4.78, 5) is 24.2. The van der Waals surface area contributed by atoms with E-state index in [4.69, 9.17) is 4.74 Å². The predicted molar refractivity (Wildman–Crippen MR) is 125 cm³/mol. The van der Waals surface area contributed by atoms with Crippen molar-refractivity contribution in [2.45, 2.75) is 110 Å². The van der Waals surface area contributed by atoms with Crippen LogP contribution in [-0.4, -0.2) is 24.5 Å². The molecule has 194 valence electrons. The fourth-order valence-electron chi connectivity index (χ4n) is 3.70. The maximum atomic E-state index is 13.2. The number of carbonyl (C=O) groups is 2. The van der Waals surface area contributed by atoms with Gasteiger partial charge >= 0.3 is 12.1 Å². The van der Waals surface area contributed by atoms with E-state index in [0.29, 0.717) is 6.42 Å². The maximum absolute atomic E-state index is 13.2. The molecule has 4 nitrogen and oxygen atoms in total. The molecule has 0 fully saturated rings. The molecule has 0 saturated carbocycles. The highest BCUT2D eigenvalue weighted by molar-refractivity contribution is 5.98. The van der Waals surface area contributed by atoms with Crippen molar-refractivity contribution in [1.29, 1.82) is 0 Å². The van der Waals surface area contributed by atoms with Crippen LogP contribution in [0.1, 0.15) is 113 Å². The van der Waals surface area contributed by atoms with Gasteiger partial charge in [-0.05, 0) is 31.5 Å². The number of rotatable bonds is 17. The van der Waals surface area contributed by atoms with Gasteiger partial charge in [0.05, 0.1) is 17.7 Å². The average Bonchev–Trinajstić information content (AvgIpc) is 2.78. The van der Waals surface area contributed by atoms with Crippen LogP contribution in [0.2, 0.25) is 0 Å². The second-order valence-corrected chi connectivity index (χ2v) is 8.79. The molecule has 0 aliphatic carbocycles. The number of unbranched alkanes of at least 4 members (excludes halogenated alkanes) is 12. The molecule has 0 saturated heterocycles. The lowest BCUT2D eigenvalue weighted by Crippen LogP contribution is -2.40. The zero-order valence-electron chi connectivity index (χ0n) is 20.4. The molecule has 0 spiro atoms. The highest BCUT2D eigenvalue weighted by Gasteiger charge is 2.36. The Hall–Kier alpha value is -2.12. The third kappa shape index (κ3) is 12.4. The predicted octanol–water partition coefficient (Wildman–Crippen LogP) is 7.60. The van der Waals surface area contributed by atoms with Gasteiger partial charge in [-0.25, -0.2) is 9.18 Å². The lowest BCUT2D eigenvalue weighted by atomic mass is 10.0. The van der Waals surface area contributed by atoms with E-state index in [2.05, 4.69) is 12.2 Å². The Kier molecular flexibility index (Phi) is 14.5. The van der Waals surface area contributed by atoms with Gasteiger partial charge in [0, 0.05) is 0 Å². The molecular formula is C26H39F4NO3. The minimum Gasteiger partial charge on any atom is -0.464 e. The van der Waals surface area contributed by atoms with Crippen molar-refractivity contribution >= 4 is 11.9 Å². The number of hydrogen-bond acceptors (Lipinski definition) is 3. The Morgan fingerprint density at radius 1 is 0.882 bits per heavy atom. The first-order valence-electron chi connectivity index (χ1n) is 12.5. The smallest absolute Gasteiger partial charge is 0.417 e. The van der Waals surface area contributed by atoms with Gasteiger partial charge in [-0.1, -0.05) is 84.0 Å². The van der Waals surface area contributed by atoms with E-state index in [1.54, 1.807) is 0 Å². The maximum Gasteiger partial charge on any atom is 0.417 e. The van der Waals surface area contributed by atoms with Crippen LogP contribution in [0, 0.1) is 5.82 Å². The summed E-state index contributed by atoms with van der Waals surface area (Å²) in [5, 5.41) is 2.19. The van der Waals surface area contributed by atoms with Crippen LogP contribution in [0.25, 0.3) is 0 Å². The number of hydrogen-bond donors (Lipinski definition) is 1. The van der Waals surface area contributed by atoms with Gasteiger partial charge in [-0.2, -0.15) is 13.2 Å². The van der Waals surface area contributed by atoms with Crippen molar-refractivity contribution in [1.82, 2.24) is 5.32 Å². The fourth-order valence-corrected chi connectivity index (χ4v) is 3.70. The van der Waals surface area contributed by atoms with Crippen LogP contribution < -0.4 is 5.32 Å². The highest BCUT2D eigenvalue weighted by Crippen LogP contribution is 2.32. The van der Waals surface area contributed by atoms with Crippen LogP contribution in [0.5, 0.6) is 0 Å². The van der Waals surface area contributed by atoms with Crippen molar-refractivity contribution in [3.8, 4) is 0 Å². The minimum absolute atomic E-state index is 0.196. The van der Waals surface area contributed by atoms with E-state index in [-0.39, 0.29) is 12.7 Å². The monoisotopic (exact) mass is 489 g/mol. The molecule has 1 rings (SSSR count). The second-order valence-electron chi connectivity index (χ2n) is 8.79. The Bertz CT molecular complexity index is 737. The normalized spacial score (nSPS) is 12.4. The third-order valence-electron chi connectivity index (χ3n) is 5.73. The number of alkyl halides is 3. The van der Waals surface area contributed by atoms with E-state index in [1.165, 1.54) is 64.7 Å². The molecule has 0 aromatic heterocycles. The molecule has 1 aromatic rings. The number of nitrogens with one attached hydrogen (secondary N) is 1. The molecule has 0 bridgehead atoms. The molecule has 1 atom stereocenters. The van der Waals surface area contributed by atoms with Crippen molar-refractivity contribution in [2.24, 2.45) is 0 Å². The molecule has 0 aliphatic heterocycles. The highest BCUT2D eigenvalue weighted by atomic mass is 19.4. The summed E-state index contributed by atoms with van der Waals surface area (Å²) in [6, 6.07) is 0.647. The van der Waals surface area contributed by atoms with Crippen molar-refractivity contribution in [3.63, 3.8) is 0 Å². The van der Waals surface area contributed by atoms with Gasteiger partial charge in [0.2, 0.25) is 0 Å². The largest absolute Gasteiger partial charge is 0.464 e. The van der Waals surface area contributed by atoms with Crippen LogP contribution in [-0.2, 0) is 15.7 Å². The summed E-state index contributed by atoms with van der Waals surface area (Å²) in [5.41, 5.74) is -2.14. The van der Waals surface area contributed by atoms with E-state index < -0.39 is 41.0 Å². The molecule has 1 amide bonds. The molecule has 8 heteroatoms. The Morgan fingerprint density at radius 2 is 1.38 bits per heavy atom. The summed E-state index contributed by atoms with van der Waals surface area (Å²) >= 11 is 0. The molecule has 0 radical (unpaired) electrons. The Morgan fingerprint density at radius 3 is 1.88 bits per heavy atom.